The van der Waals surface area contributed by atoms with E-state index in [1.54, 1.807) is 0 Å². The molecule has 128 valence electrons. The van der Waals surface area contributed by atoms with Gasteiger partial charge in [-0.15, -0.1) is 0 Å². The SMILES string of the molecule is Cc1cccc(N2N=C(C(=O)Nc3ccc(Br)c(C)c3)CCC2=O)c1. The molecule has 0 radical (unpaired) electrons. The first-order chi connectivity index (χ1) is 11.9. The van der Waals surface area contributed by atoms with Crippen molar-refractivity contribution in [2.75, 3.05) is 10.3 Å². The summed E-state index contributed by atoms with van der Waals surface area (Å²) in [5.41, 5.74) is 3.78. The van der Waals surface area contributed by atoms with E-state index < -0.39 is 0 Å². The summed E-state index contributed by atoms with van der Waals surface area (Å²) < 4.78 is 0.983. The van der Waals surface area contributed by atoms with Gasteiger partial charge in [-0.2, -0.15) is 5.10 Å². The van der Waals surface area contributed by atoms with Gasteiger partial charge in [0.1, 0.15) is 5.71 Å². The first kappa shape index (κ1) is 17.4. The number of nitrogens with zero attached hydrogens (tertiary/aromatic N) is 2. The summed E-state index contributed by atoms with van der Waals surface area (Å²) in [7, 11) is 0. The second-order valence-electron chi connectivity index (χ2n) is 6.01. The summed E-state index contributed by atoms with van der Waals surface area (Å²) >= 11 is 3.44. The van der Waals surface area contributed by atoms with Crippen molar-refractivity contribution in [2.45, 2.75) is 26.7 Å². The molecule has 2 aromatic carbocycles. The molecule has 0 bridgehead atoms. The summed E-state index contributed by atoms with van der Waals surface area (Å²) in [6.45, 7) is 3.90. The number of carbonyl (C=O) groups excluding carboxylic acids is 2. The van der Waals surface area contributed by atoms with Crippen molar-refractivity contribution in [1.29, 1.82) is 0 Å². The number of amides is 2. The van der Waals surface area contributed by atoms with E-state index in [9.17, 15) is 9.59 Å². The van der Waals surface area contributed by atoms with Crippen LogP contribution < -0.4 is 10.3 Å². The Hall–Kier alpha value is -2.47. The fourth-order valence-corrected chi connectivity index (χ4v) is 2.85. The van der Waals surface area contributed by atoms with Crippen molar-refractivity contribution in [3.8, 4) is 0 Å². The van der Waals surface area contributed by atoms with Gasteiger partial charge in [-0.3, -0.25) is 9.59 Å². The fourth-order valence-electron chi connectivity index (χ4n) is 2.60. The Balaban J connectivity index is 1.83. The third-order valence-corrected chi connectivity index (χ3v) is 4.85. The predicted octanol–water partition coefficient (Wildman–Crippen LogP) is 4.19. The van der Waals surface area contributed by atoms with Crippen LogP contribution in [0.15, 0.2) is 52.0 Å². The van der Waals surface area contributed by atoms with Crippen molar-refractivity contribution >= 4 is 44.8 Å². The Labute approximate surface area is 154 Å². The summed E-state index contributed by atoms with van der Waals surface area (Å²) in [6, 6.07) is 13.1. The topological polar surface area (TPSA) is 61.8 Å². The Morgan fingerprint density at radius 3 is 2.68 bits per heavy atom. The lowest BCUT2D eigenvalue weighted by Crippen LogP contribution is -2.36. The Kier molecular flexibility index (Phi) is 4.99. The summed E-state index contributed by atoms with van der Waals surface area (Å²) in [5.74, 6) is -0.395. The van der Waals surface area contributed by atoms with Gasteiger partial charge in [0.25, 0.3) is 5.91 Å². The van der Waals surface area contributed by atoms with Crippen LogP contribution in [-0.2, 0) is 9.59 Å². The van der Waals surface area contributed by atoms with E-state index in [1.807, 2.05) is 56.3 Å². The normalized spacial score (nSPS) is 14.3. The van der Waals surface area contributed by atoms with Crippen molar-refractivity contribution in [1.82, 2.24) is 0 Å². The zero-order chi connectivity index (χ0) is 18.0. The molecule has 0 spiro atoms. The van der Waals surface area contributed by atoms with Crippen molar-refractivity contribution in [2.24, 2.45) is 5.10 Å². The Bertz CT molecular complexity index is 877. The number of anilines is 2. The number of aryl methyl sites for hydroxylation is 2. The van der Waals surface area contributed by atoms with Crippen molar-refractivity contribution in [3.05, 3.63) is 58.1 Å². The standard InChI is InChI=1S/C19H18BrN3O2/c1-12-4-3-5-15(10-12)23-18(24)9-8-17(22-23)19(25)21-14-6-7-16(20)13(2)11-14/h3-7,10-11H,8-9H2,1-2H3,(H,21,25). The average Bonchev–Trinajstić information content (AvgIpc) is 2.58. The molecule has 0 aromatic heterocycles. The highest BCUT2D eigenvalue weighted by Crippen LogP contribution is 2.23. The number of rotatable bonds is 3. The molecule has 0 saturated carbocycles. The minimum Gasteiger partial charge on any atom is -0.321 e. The smallest absolute Gasteiger partial charge is 0.271 e. The molecule has 1 heterocycles. The van der Waals surface area contributed by atoms with Crippen LogP contribution in [-0.4, -0.2) is 17.5 Å². The van der Waals surface area contributed by atoms with Crippen LogP contribution >= 0.6 is 15.9 Å². The second kappa shape index (κ2) is 7.19. The van der Waals surface area contributed by atoms with E-state index in [0.717, 1.165) is 15.6 Å². The van der Waals surface area contributed by atoms with Crippen molar-refractivity contribution < 1.29 is 9.59 Å². The molecule has 1 aliphatic heterocycles. The van der Waals surface area contributed by atoms with Crippen LogP contribution in [0, 0.1) is 13.8 Å². The van der Waals surface area contributed by atoms with Crippen LogP contribution in [0.25, 0.3) is 0 Å². The van der Waals surface area contributed by atoms with Gasteiger partial charge in [-0.05, 0) is 55.3 Å². The van der Waals surface area contributed by atoms with Crippen LogP contribution in [0.4, 0.5) is 11.4 Å². The number of carbonyl (C=O) groups is 2. The van der Waals surface area contributed by atoms with Crippen LogP contribution in [0.3, 0.4) is 0 Å². The number of nitrogens with one attached hydrogen (secondary N) is 1. The third kappa shape index (κ3) is 3.96. The zero-order valence-corrected chi connectivity index (χ0v) is 15.6. The summed E-state index contributed by atoms with van der Waals surface area (Å²) in [5, 5.41) is 8.46. The lowest BCUT2D eigenvalue weighted by atomic mass is 10.1. The highest BCUT2D eigenvalue weighted by Gasteiger charge is 2.25. The maximum absolute atomic E-state index is 12.5. The minimum absolute atomic E-state index is 0.110. The number of hydrazone groups is 1. The Morgan fingerprint density at radius 2 is 1.96 bits per heavy atom. The molecule has 2 amide bonds. The predicted molar refractivity (Wildman–Crippen MR) is 103 cm³/mol. The largest absolute Gasteiger partial charge is 0.321 e. The molecule has 25 heavy (non-hydrogen) atoms. The van der Waals surface area contributed by atoms with E-state index >= 15 is 0 Å². The number of hydrogen-bond donors (Lipinski definition) is 1. The van der Waals surface area contributed by atoms with Gasteiger partial charge in [0.2, 0.25) is 5.91 Å². The number of benzene rings is 2. The fraction of sp³-hybridized carbons (Fsp3) is 0.211. The first-order valence-corrected chi connectivity index (χ1v) is 8.78. The highest BCUT2D eigenvalue weighted by molar-refractivity contribution is 9.10. The maximum Gasteiger partial charge on any atom is 0.271 e. The lowest BCUT2D eigenvalue weighted by molar-refractivity contribution is -0.118. The molecule has 0 saturated heterocycles. The van der Waals surface area contributed by atoms with Gasteiger partial charge >= 0.3 is 0 Å². The first-order valence-electron chi connectivity index (χ1n) is 7.98. The molecule has 1 N–H and O–H groups in total. The molecule has 3 rings (SSSR count). The molecular weight excluding hydrogens is 382 g/mol. The van der Waals surface area contributed by atoms with E-state index in [0.29, 0.717) is 23.5 Å². The quantitative estimate of drug-likeness (QED) is 0.840. The second-order valence-corrected chi connectivity index (χ2v) is 6.86. The molecule has 0 unspecified atom stereocenters. The van der Waals surface area contributed by atoms with E-state index in [1.165, 1.54) is 5.01 Å². The van der Waals surface area contributed by atoms with Gasteiger partial charge in [0, 0.05) is 23.0 Å². The molecule has 0 atom stereocenters. The molecule has 1 aliphatic rings. The van der Waals surface area contributed by atoms with E-state index in [2.05, 4.69) is 26.3 Å². The molecule has 2 aromatic rings. The van der Waals surface area contributed by atoms with Gasteiger partial charge in [-0.1, -0.05) is 28.1 Å². The number of hydrogen-bond acceptors (Lipinski definition) is 3. The van der Waals surface area contributed by atoms with Gasteiger partial charge in [0.05, 0.1) is 5.69 Å². The zero-order valence-electron chi connectivity index (χ0n) is 14.0. The van der Waals surface area contributed by atoms with Gasteiger partial charge < -0.3 is 5.32 Å². The van der Waals surface area contributed by atoms with E-state index in [-0.39, 0.29) is 18.2 Å². The highest BCUT2D eigenvalue weighted by atomic mass is 79.9. The van der Waals surface area contributed by atoms with Gasteiger partial charge in [-0.25, -0.2) is 5.01 Å². The Morgan fingerprint density at radius 1 is 1.16 bits per heavy atom. The van der Waals surface area contributed by atoms with Crippen LogP contribution in [0.5, 0.6) is 0 Å². The maximum atomic E-state index is 12.5. The van der Waals surface area contributed by atoms with Crippen LogP contribution in [0.1, 0.15) is 24.0 Å². The molecule has 5 nitrogen and oxygen atoms in total. The third-order valence-electron chi connectivity index (χ3n) is 3.96. The minimum atomic E-state index is -0.285. The van der Waals surface area contributed by atoms with Crippen molar-refractivity contribution in [3.63, 3.8) is 0 Å². The average molecular weight is 400 g/mol. The number of halogens is 1. The molecule has 6 heteroatoms. The van der Waals surface area contributed by atoms with Gasteiger partial charge in [0.15, 0.2) is 0 Å². The van der Waals surface area contributed by atoms with E-state index in [4.69, 9.17) is 0 Å². The summed E-state index contributed by atoms with van der Waals surface area (Å²) in [4.78, 5) is 24.7. The molecule has 0 fully saturated rings. The lowest BCUT2D eigenvalue weighted by Gasteiger charge is -2.23. The monoisotopic (exact) mass is 399 g/mol. The summed E-state index contributed by atoms with van der Waals surface area (Å²) in [6.07, 6.45) is 0.599. The van der Waals surface area contributed by atoms with Crippen LogP contribution in [0.2, 0.25) is 0 Å². The molecule has 0 aliphatic carbocycles. The molecular formula is C19H18BrN3O2.